The molecule has 15 heteroatoms. The van der Waals surface area contributed by atoms with E-state index in [9.17, 15) is 23.3 Å². The first-order chi connectivity index (χ1) is 27.4. The first-order valence-electron chi connectivity index (χ1n) is 18.6. The molecule has 13 nitrogen and oxygen atoms in total. The largest absolute Gasteiger partial charge is 0.469 e. The maximum Gasteiger partial charge on any atom is 0.308 e. The van der Waals surface area contributed by atoms with Crippen LogP contribution in [0.1, 0.15) is 80.0 Å². The predicted octanol–water partition coefficient (Wildman–Crippen LogP) is 6.99. The normalized spacial score (nSPS) is 17.4. The molecule has 1 fully saturated rings. The minimum atomic E-state index is -3.67. The summed E-state index contributed by atoms with van der Waals surface area (Å²) in [5.74, 6) is 0.751. The Bertz CT molecular complexity index is 2750. The summed E-state index contributed by atoms with van der Waals surface area (Å²) in [6.45, 7) is 8.32. The van der Waals surface area contributed by atoms with Crippen LogP contribution in [0.4, 0.5) is 5.69 Å². The number of aromatic nitrogens is 4. The lowest BCUT2D eigenvalue weighted by Crippen LogP contribution is -2.44. The predicted molar refractivity (Wildman–Crippen MR) is 219 cm³/mol. The van der Waals surface area contributed by atoms with Gasteiger partial charge < -0.3 is 15.0 Å². The van der Waals surface area contributed by atoms with E-state index in [0.717, 1.165) is 54.8 Å². The van der Waals surface area contributed by atoms with E-state index in [1.54, 1.807) is 41.8 Å². The first-order valence-corrected chi connectivity index (χ1v) is 20.9. The molecular weight excluding hydrogens is 761 g/mol. The van der Waals surface area contributed by atoms with Gasteiger partial charge in [-0.2, -0.15) is 5.26 Å². The van der Waals surface area contributed by atoms with Crippen molar-refractivity contribution in [2.45, 2.75) is 58.2 Å². The molecule has 4 heterocycles. The highest BCUT2D eigenvalue weighted by Crippen LogP contribution is 2.40. The van der Waals surface area contributed by atoms with Crippen molar-refractivity contribution in [3.63, 3.8) is 0 Å². The number of ether oxygens (including phenoxy) is 1. The lowest BCUT2D eigenvalue weighted by molar-refractivity contribution is -0.141. The van der Waals surface area contributed by atoms with E-state index in [4.69, 9.17) is 9.73 Å². The van der Waals surface area contributed by atoms with Gasteiger partial charge in [0, 0.05) is 39.7 Å². The van der Waals surface area contributed by atoms with Crippen molar-refractivity contribution in [2.75, 3.05) is 18.4 Å². The summed E-state index contributed by atoms with van der Waals surface area (Å²) in [4.78, 5) is 34.9. The summed E-state index contributed by atoms with van der Waals surface area (Å²) in [5.41, 5.74) is 8.52. The van der Waals surface area contributed by atoms with Crippen LogP contribution >= 0.6 is 11.3 Å². The number of rotatable bonds is 10. The number of carbonyl (C=O) groups excluding carboxylic acids is 2. The van der Waals surface area contributed by atoms with E-state index < -0.39 is 21.3 Å². The van der Waals surface area contributed by atoms with Gasteiger partial charge in [0.1, 0.15) is 22.9 Å². The molecule has 3 N–H and O–H groups in total. The van der Waals surface area contributed by atoms with Gasteiger partial charge in [-0.1, -0.05) is 42.5 Å². The van der Waals surface area contributed by atoms with Crippen molar-refractivity contribution in [2.24, 2.45) is 10.9 Å². The van der Waals surface area contributed by atoms with Crippen LogP contribution in [0.5, 0.6) is 0 Å². The number of nitrogens with zero attached hydrogens (tertiary/aromatic N) is 5. The van der Waals surface area contributed by atoms with Gasteiger partial charge in [0.2, 0.25) is 10.0 Å². The topological polar surface area (TPSA) is 184 Å². The fourth-order valence-electron chi connectivity index (χ4n) is 7.66. The molecule has 6 aromatic rings. The van der Waals surface area contributed by atoms with Crippen LogP contribution in [0.25, 0.3) is 27.0 Å². The molecule has 0 unspecified atom stereocenters. The molecule has 0 bridgehead atoms. The number of sulfonamides is 1. The van der Waals surface area contributed by atoms with E-state index in [0.29, 0.717) is 52.9 Å². The maximum absolute atomic E-state index is 13.2. The fourth-order valence-corrected chi connectivity index (χ4v) is 10.6. The van der Waals surface area contributed by atoms with Crippen LogP contribution in [0.15, 0.2) is 71.9 Å². The molecule has 57 heavy (non-hydrogen) atoms. The molecule has 0 spiro atoms. The van der Waals surface area contributed by atoms with Crippen LogP contribution < -0.4 is 10.0 Å². The van der Waals surface area contributed by atoms with E-state index in [-0.39, 0.29) is 24.2 Å². The van der Waals surface area contributed by atoms with Crippen LogP contribution in [-0.4, -0.2) is 64.7 Å². The Morgan fingerprint density at radius 2 is 1.67 bits per heavy atom. The number of methoxy groups -OCH3 is 1. The number of fused-ring (bicyclic) bond motifs is 4. The second kappa shape index (κ2) is 14.8. The quantitative estimate of drug-likeness (QED) is 0.124. The number of hydrogen-bond donors (Lipinski definition) is 3. The van der Waals surface area contributed by atoms with Gasteiger partial charge >= 0.3 is 5.97 Å². The Kier molecular flexibility index (Phi) is 9.79. The Balaban J connectivity index is 0.915. The van der Waals surface area contributed by atoms with E-state index in [1.165, 1.54) is 7.11 Å². The Morgan fingerprint density at radius 1 is 0.982 bits per heavy atom. The number of H-pyrrole nitrogens is 1. The summed E-state index contributed by atoms with van der Waals surface area (Å²) in [6, 6.07) is 20.5. The van der Waals surface area contributed by atoms with Crippen molar-refractivity contribution in [3.05, 3.63) is 117 Å². The van der Waals surface area contributed by atoms with Crippen LogP contribution in [0.3, 0.4) is 0 Å². The third kappa shape index (κ3) is 6.89. The molecule has 3 aromatic carbocycles. The number of hydrogen-bond acceptors (Lipinski definition) is 10. The number of benzene rings is 3. The van der Waals surface area contributed by atoms with Gasteiger partial charge in [-0.15, -0.1) is 21.5 Å². The molecule has 1 aliphatic heterocycles. The Hall–Kier alpha value is -6.11. The van der Waals surface area contributed by atoms with Crippen molar-refractivity contribution in [1.82, 2.24) is 25.1 Å². The molecule has 1 aliphatic carbocycles. The number of esters is 1. The smallest absolute Gasteiger partial charge is 0.308 e. The minimum absolute atomic E-state index is 0.0299. The maximum atomic E-state index is 13.2. The molecule has 8 rings (SSSR count). The molecule has 290 valence electrons. The zero-order valence-corrected chi connectivity index (χ0v) is 33.6. The van der Waals surface area contributed by atoms with Crippen molar-refractivity contribution in [3.8, 4) is 22.2 Å². The number of aliphatic imine (C=N–C) groups is 1. The summed E-state index contributed by atoms with van der Waals surface area (Å²) >= 11 is 1.65. The number of carbonyl (C=O) groups is 2. The van der Waals surface area contributed by atoms with Gasteiger partial charge in [-0.3, -0.25) is 23.9 Å². The second-order valence-corrected chi connectivity index (χ2v) is 17.8. The second-order valence-electron chi connectivity index (χ2n) is 14.6. The summed E-state index contributed by atoms with van der Waals surface area (Å²) in [6.07, 6.45) is 2.47. The Labute approximate surface area is 333 Å². The standard InChI is InChI=1S/C42H40N8O5S2/c1-22-6-15-33(39-36(22)31(19-43)21-44-39)49-57(53,54)32-16-26(17-32)20-45-41(52)30-13-9-28(10-14-30)27-7-11-29(12-8-27)38-37-23(2)24(3)56-42(37)50-25(4)47-48-40(50)34(46-38)18-35(51)55-5/h6-15,21,26,32,34,44,49H,16-18,20H2,1-5H3,(H,45,52)/t26-,32-,34-/m0/s1. The molecule has 0 saturated heterocycles. The molecule has 1 atom stereocenters. The van der Waals surface area contributed by atoms with Crippen LogP contribution in [0.2, 0.25) is 0 Å². The average molecular weight is 801 g/mol. The number of thiophene rings is 1. The van der Waals surface area contributed by atoms with Gasteiger partial charge in [-0.25, -0.2) is 8.42 Å². The van der Waals surface area contributed by atoms with Gasteiger partial charge in [0.25, 0.3) is 5.91 Å². The fraction of sp³-hybridized carbons (Fsp3) is 0.286. The highest BCUT2D eigenvalue weighted by atomic mass is 32.2. The Morgan fingerprint density at radius 3 is 2.35 bits per heavy atom. The monoisotopic (exact) mass is 800 g/mol. The lowest BCUT2D eigenvalue weighted by Gasteiger charge is -2.35. The van der Waals surface area contributed by atoms with E-state index in [1.807, 2.05) is 54.8 Å². The van der Waals surface area contributed by atoms with Gasteiger partial charge in [-0.05, 0) is 86.9 Å². The molecule has 1 amide bonds. The third-order valence-corrected chi connectivity index (χ3v) is 14.0. The molecule has 3 aromatic heterocycles. The van der Waals surface area contributed by atoms with Crippen molar-refractivity contribution < 1.29 is 22.7 Å². The molecule has 0 radical (unpaired) electrons. The number of amides is 1. The van der Waals surface area contributed by atoms with Crippen molar-refractivity contribution >= 4 is 55.5 Å². The van der Waals surface area contributed by atoms with Crippen LogP contribution in [0, 0.1) is 44.9 Å². The summed E-state index contributed by atoms with van der Waals surface area (Å²) in [5, 5.41) is 22.3. The average Bonchev–Trinajstić information content (AvgIpc) is 3.86. The number of aryl methyl sites for hydroxylation is 3. The number of nitriles is 1. The van der Waals surface area contributed by atoms with Crippen molar-refractivity contribution in [1.29, 1.82) is 5.26 Å². The minimum Gasteiger partial charge on any atom is -0.469 e. The lowest BCUT2D eigenvalue weighted by atomic mass is 9.85. The summed E-state index contributed by atoms with van der Waals surface area (Å²) in [7, 11) is -2.31. The SMILES string of the molecule is COC(=O)C[C@@H]1N=C(c2ccc(-c3ccc(C(=O)NC[C@H]4C[C@H](S(=O)(=O)Nc5ccc(C)c6c(C#N)c[nH]c56)C4)cc3)cc2)c2c(sc(C)c2C)-n2c(C)nnc21. The van der Waals surface area contributed by atoms with Crippen LogP contribution in [-0.2, 0) is 19.6 Å². The first kappa shape index (κ1) is 37.8. The van der Waals surface area contributed by atoms with Gasteiger partial charge in [0.15, 0.2) is 5.82 Å². The summed E-state index contributed by atoms with van der Waals surface area (Å²) < 4.78 is 36.2. The molecule has 2 aliphatic rings. The molecule has 1 saturated carbocycles. The third-order valence-electron chi connectivity index (χ3n) is 11.1. The number of aromatic amines is 1. The van der Waals surface area contributed by atoms with Gasteiger partial charge in [0.05, 0.1) is 41.3 Å². The highest BCUT2D eigenvalue weighted by molar-refractivity contribution is 7.93. The zero-order chi connectivity index (χ0) is 40.2. The number of anilines is 1. The molecular formula is C42H40N8O5S2. The van der Waals surface area contributed by atoms with E-state index >= 15 is 0 Å². The van der Waals surface area contributed by atoms with E-state index in [2.05, 4.69) is 45.1 Å². The highest BCUT2D eigenvalue weighted by Gasteiger charge is 2.39. The number of nitrogens with one attached hydrogen (secondary N) is 3. The zero-order valence-electron chi connectivity index (χ0n) is 32.0.